The minimum Gasteiger partial charge on any atom is -0.365 e. The molecule has 3 aromatic rings. The normalized spacial score (nSPS) is 10.8. The van der Waals surface area contributed by atoms with Gasteiger partial charge in [0.1, 0.15) is 12.3 Å². The molecule has 6 heteroatoms. The Hall–Kier alpha value is -2.44. The molecular weight excluding hydrogens is 324 g/mol. The van der Waals surface area contributed by atoms with Crippen molar-refractivity contribution in [2.24, 2.45) is 0 Å². The maximum atomic E-state index is 11.9. The highest BCUT2D eigenvalue weighted by Gasteiger charge is 2.09. The molecule has 0 aliphatic carbocycles. The molecular formula is C18H18N2O3S. The number of anilines is 1. The van der Waals surface area contributed by atoms with Crippen LogP contribution in [0.1, 0.15) is 16.8 Å². The highest BCUT2D eigenvalue weighted by molar-refractivity contribution is 7.13. The van der Waals surface area contributed by atoms with E-state index in [0.717, 1.165) is 16.1 Å². The van der Waals surface area contributed by atoms with Gasteiger partial charge in [-0.15, -0.1) is 11.3 Å². The number of thiophene rings is 1. The van der Waals surface area contributed by atoms with E-state index in [0.29, 0.717) is 11.5 Å². The predicted octanol–water partition coefficient (Wildman–Crippen LogP) is 4.18. The molecule has 2 heterocycles. The standard InChI is InChI=1S/C18H18N2O3S/c1-12-5-6-14(8-13(12)2)19-18(21)11-22-10-15-9-16(23-20-15)17-4-3-7-24-17/h3-9H,10-11H2,1-2H3,(H,19,21). The second-order valence-electron chi connectivity index (χ2n) is 5.50. The quantitative estimate of drug-likeness (QED) is 0.730. The summed E-state index contributed by atoms with van der Waals surface area (Å²) < 4.78 is 10.7. The minimum absolute atomic E-state index is 0.0336. The predicted molar refractivity (Wildman–Crippen MR) is 94.0 cm³/mol. The average molecular weight is 342 g/mol. The van der Waals surface area contributed by atoms with E-state index in [1.807, 2.05) is 55.6 Å². The SMILES string of the molecule is Cc1ccc(NC(=O)COCc2cc(-c3cccs3)on2)cc1C. The van der Waals surface area contributed by atoms with E-state index in [1.54, 1.807) is 11.3 Å². The fourth-order valence-electron chi connectivity index (χ4n) is 2.18. The molecule has 0 saturated carbocycles. The van der Waals surface area contributed by atoms with Gasteiger partial charge in [-0.25, -0.2) is 0 Å². The van der Waals surface area contributed by atoms with Crippen LogP contribution in [0.3, 0.4) is 0 Å². The first-order valence-corrected chi connectivity index (χ1v) is 8.44. The highest BCUT2D eigenvalue weighted by atomic mass is 32.1. The molecule has 1 N–H and O–H groups in total. The van der Waals surface area contributed by atoms with E-state index in [4.69, 9.17) is 9.26 Å². The van der Waals surface area contributed by atoms with Gasteiger partial charge in [0, 0.05) is 11.8 Å². The first kappa shape index (κ1) is 16.4. The first-order chi connectivity index (χ1) is 11.6. The Kier molecular flexibility index (Phi) is 5.08. The fraction of sp³-hybridized carbons (Fsp3) is 0.222. The summed E-state index contributed by atoms with van der Waals surface area (Å²) in [6.07, 6.45) is 0. The molecule has 124 valence electrons. The zero-order valence-electron chi connectivity index (χ0n) is 13.5. The molecule has 0 fully saturated rings. The van der Waals surface area contributed by atoms with Gasteiger partial charge in [0.2, 0.25) is 5.91 Å². The van der Waals surface area contributed by atoms with Gasteiger partial charge in [0.05, 0.1) is 11.5 Å². The van der Waals surface area contributed by atoms with Gasteiger partial charge in [-0.2, -0.15) is 0 Å². The van der Waals surface area contributed by atoms with Crippen LogP contribution in [0.15, 0.2) is 46.3 Å². The lowest BCUT2D eigenvalue weighted by Gasteiger charge is -2.07. The monoisotopic (exact) mass is 342 g/mol. The number of nitrogens with zero attached hydrogens (tertiary/aromatic N) is 1. The lowest BCUT2D eigenvalue weighted by molar-refractivity contribution is -0.121. The van der Waals surface area contributed by atoms with Crippen molar-refractivity contribution in [3.05, 3.63) is 58.6 Å². The Labute approximate surface area is 144 Å². The zero-order valence-corrected chi connectivity index (χ0v) is 14.4. The highest BCUT2D eigenvalue weighted by Crippen LogP contribution is 2.25. The van der Waals surface area contributed by atoms with Crippen molar-refractivity contribution in [1.82, 2.24) is 5.16 Å². The largest absolute Gasteiger partial charge is 0.365 e. The Morgan fingerprint density at radius 1 is 1.25 bits per heavy atom. The number of carbonyl (C=O) groups excluding carboxylic acids is 1. The molecule has 0 atom stereocenters. The lowest BCUT2D eigenvalue weighted by atomic mass is 10.1. The summed E-state index contributed by atoms with van der Waals surface area (Å²) in [5.74, 6) is 0.517. The van der Waals surface area contributed by atoms with E-state index in [9.17, 15) is 4.79 Å². The number of hydrogen-bond donors (Lipinski definition) is 1. The van der Waals surface area contributed by atoms with Crippen LogP contribution >= 0.6 is 11.3 Å². The number of ether oxygens (including phenoxy) is 1. The van der Waals surface area contributed by atoms with Crippen LogP contribution < -0.4 is 5.32 Å². The van der Waals surface area contributed by atoms with Gasteiger partial charge in [-0.3, -0.25) is 4.79 Å². The number of rotatable bonds is 6. The number of carbonyl (C=O) groups is 1. The third-order valence-corrected chi connectivity index (χ3v) is 4.48. The topological polar surface area (TPSA) is 64.4 Å². The Balaban J connectivity index is 1.47. The molecule has 0 spiro atoms. The Morgan fingerprint density at radius 3 is 2.88 bits per heavy atom. The Bertz CT molecular complexity index is 825. The Morgan fingerprint density at radius 2 is 2.12 bits per heavy atom. The number of amides is 1. The molecule has 2 aromatic heterocycles. The second-order valence-corrected chi connectivity index (χ2v) is 6.45. The van der Waals surface area contributed by atoms with Crippen molar-refractivity contribution in [2.45, 2.75) is 20.5 Å². The molecule has 0 unspecified atom stereocenters. The van der Waals surface area contributed by atoms with Crippen molar-refractivity contribution in [3.63, 3.8) is 0 Å². The van der Waals surface area contributed by atoms with Crippen LogP contribution in [0.5, 0.6) is 0 Å². The number of aromatic nitrogens is 1. The van der Waals surface area contributed by atoms with Crippen LogP contribution in [0.4, 0.5) is 5.69 Å². The second kappa shape index (κ2) is 7.42. The summed E-state index contributed by atoms with van der Waals surface area (Å²) in [6, 6.07) is 11.5. The number of benzene rings is 1. The zero-order chi connectivity index (χ0) is 16.9. The van der Waals surface area contributed by atoms with Gasteiger partial charge in [-0.05, 0) is 48.6 Å². The fourth-order valence-corrected chi connectivity index (χ4v) is 2.85. The summed E-state index contributed by atoms with van der Waals surface area (Å²) in [5, 5.41) is 8.74. The summed E-state index contributed by atoms with van der Waals surface area (Å²) in [6.45, 7) is 4.24. The van der Waals surface area contributed by atoms with Gasteiger partial charge >= 0.3 is 0 Å². The minimum atomic E-state index is -0.194. The van der Waals surface area contributed by atoms with Crippen LogP contribution in [0, 0.1) is 13.8 Å². The summed E-state index contributed by atoms with van der Waals surface area (Å²) in [5.41, 5.74) is 3.76. The molecule has 0 aliphatic rings. The molecule has 3 rings (SSSR count). The average Bonchev–Trinajstić information content (AvgIpc) is 3.22. The number of nitrogens with one attached hydrogen (secondary N) is 1. The van der Waals surface area contributed by atoms with Gasteiger partial charge < -0.3 is 14.6 Å². The lowest BCUT2D eigenvalue weighted by Crippen LogP contribution is -2.18. The maximum absolute atomic E-state index is 11.9. The molecule has 0 radical (unpaired) electrons. The van der Waals surface area contributed by atoms with Crippen molar-refractivity contribution in [1.29, 1.82) is 0 Å². The van der Waals surface area contributed by atoms with Crippen molar-refractivity contribution < 1.29 is 14.1 Å². The third kappa shape index (κ3) is 4.10. The molecule has 1 aromatic carbocycles. The smallest absolute Gasteiger partial charge is 0.250 e. The van der Waals surface area contributed by atoms with E-state index in [1.165, 1.54) is 5.56 Å². The van der Waals surface area contributed by atoms with Crippen molar-refractivity contribution >= 4 is 22.9 Å². The number of aryl methyl sites for hydroxylation is 2. The summed E-state index contributed by atoms with van der Waals surface area (Å²) >= 11 is 1.58. The molecule has 5 nitrogen and oxygen atoms in total. The van der Waals surface area contributed by atoms with Crippen LogP contribution in [-0.2, 0) is 16.1 Å². The molecule has 0 bridgehead atoms. The molecule has 24 heavy (non-hydrogen) atoms. The van der Waals surface area contributed by atoms with Crippen LogP contribution in [0.25, 0.3) is 10.6 Å². The van der Waals surface area contributed by atoms with Gasteiger partial charge in [-0.1, -0.05) is 17.3 Å². The first-order valence-electron chi connectivity index (χ1n) is 7.56. The van der Waals surface area contributed by atoms with Gasteiger partial charge in [0.25, 0.3) is 0 Å². The van der Waals surface area contributed by atoms with E-state index < -0.39 is 0 Å². The third-order valence-electron chi connectivity index (χ3n) is 3.60. The molecule has 0 saturated heterocycles. The van der Waals surface area contributed by atoms with E-state index in [-0.39, 0.29) is 19.1 Å². The van der Waals surface area contributed by atoms with Crippen molar-refractivity contribution in [3.8, 4) is 10.6 Å². The summed E-state index contributed by atoms with van der Waals surface area (Å²) in [7, 11) is 0. The van der Waals surface area contributed by atoms with E-state index >= 15 is 0 Å². The van der Waals surface area contributed by atoms with Crippen molar-refractivity contribution in [2.75, 3.05) is 11.9 Å². The number of hydrogen-bond acceptors (Lipinski definition) is 5. The van der Waals surface area contributed by atoms with Crippen LogP contribution in [-0.4, -0.2) is 17.7 Å². The van der Waals surface area contributed by atoms with Crippen LogP contribution in [0.2, 0.25) is 0 Å². The molecule has 0 aliphatic heterocycles. The molecule has 1 amide bonds. The summed E-state index contributed by atoms with van der Waals surface area (Å²) in [4.78, 5) is 12.9. The van der Waals surface area contributed by atoms with Gasteiger partial charge in [0.15, 0.2) is 5.76 Å². The van der Waals surface area contributed by atoms with E-state index in [2.05, 4.69) is 10.5 Å². The maximum Gasteiger partial charge on any atom is 0.250 e.